The lowest BCUT2D eigenvalue weighted by Gasteiger charge is -2.26. The van der Waals surface area contributed by atoms with E-state index in [0.717, 1.165) is 0 Å². The molecule has 3 rings (SSSR count). The zero-order valence-electron chi connectivity index (χ0n) is 13.5. The number of nitrogens with zero attached hydrogens (tertiary/aromatic N) is 3. The largest absolute Gasteiger partial charge is 0.448 e. The van der Waals surface area contributed by atoms with Gasteiger partial charge in [-0.1, -0.05) is 11.6 Å². The Morgan fingerprint density at radius 3 is 2.88 bits per heavy atom. The summed E-state index contributed by atoms with van der Waals surface area (Å²) in [4.78, 5) is 30.7. The fourth-order valence-corrected chi connectivity index (χ4v) is 5.54. The number of hydrogen-bond donors (Lipinski definition) is 0. The van der Waals surface area contributed by atoms with E-state index in [-0.39, 0.29) is 22.4 Å². The van der Waals surface area contributed by atoms with Crippen LogP contribution in [0.15, 0.2) is 11.6 Å². The molecule has 0 unspecified atom stereocenters. The van der Waals surface area contributed by atoms with E-state index in [9.17, 15) is 18.0 Å². The minimum atomic E-state index is -3.11. The normalized spacial score (nSPS) is 20.5. The smallest absolute Gasteiger partial charge is 0.359 e. The first-order valence-electron chi connectivity index (χ1n) is 7.49. The van der Waals surface area contributed by atoms with Crippen molar-refractivity contribution < 1.29 is 22.7 Å². The number of likely N-dealkylation sites (N-methyl/N-ethyl adjacent to an activating group) is 1. The van der Waals surface area contributed by atoms with Crippen LogP contribution in [-0.2, 0) is 19.4 Å². The number of fused-ring (bicyclic) bond motifs is 1. The average Bonchev–Trinajstić information content (AvgIpc) is 3.19. The minimum Gasteiger partial charge on any atom is -0.448 e. The van der Waals surface area contributed by atoms with E-state index >= 15 is 0 Å². The average molecular weight is 406 g/mol. The number of hydrogen-bond acceptors (Lipinski definition) is 7. The van der Waals surface area contributed by atoms with Crippen molar-refractivity contribution in [3.05, 3.63) is 22.4 Å². The van der Waals surface area contributed by atoms with Crippen LogP contribution in [0.4, 0.5) is 0 Å². The lowest BCUT2D eigenvalue weighted by atomic mass is 10.2. The van der Waals surface area contributed by atoms with Crippen LogP contribution < -0.4 is 0 Å². The van der Waals surface area contributed by atoms with Crippen LogP contribution in [0.5, 0.6) is 0 Å². The zero-order valence-corrected chi connectivity index (χ0v) is 15.9. The van der Waals surface area contributed by atoms with Gasteiger partial charge in [0.2, 0.25) is 0 Å². The highest BCUT2D eigenvalue weighted by atomic mass is 35.5. The maximum Gasteiger partial charge on any atom is 0.359 e. The third-order valence-electron chi connectivity index (χ3n) is 4.15. The summed E-state index contributed by atoms with van der Waals surface area (Å²) in [6, 6.07) is -0.402. The van der Waals surface area contributed by atoms with Gasteiger partial charge in [0, 0.05) is 24.7 Å². The number of esters is 1. The maximum absolute atomic E-state index is 12.4. The number of carbonyl (C=O) groups excluding carboxylic acids is 2. The van der Waals surface area contributed by atoms with Gasteiger partial charge in [-0.3, -0.25) is 9.20 Å². The van der Waals surface area contributed by atoms with Gasteiger partial charge in [0.05, 0.1) is 11.5 Å². The second-order valence-electron chi connectivity index (χ2n) is 5.86. The Hall–Kier alpha value is -1.65. The van der Waals surface area contributed by atoms with E-state index in [4.69, 9.17) is 16.3 Å². The summed E-state index contributed by atoms with van der Waals surface area (Å²) in [5.74, 6) is -1.23. The van der Waals surface area contributed by atoms with Crippen LogP contribution in [0.1, 0.15) is 23.8 Å². The molecule has 0 aliphatic carbocycles. The minimum absolute atomic E-state index is 0.00624. The van der Waals surface area contributed by atoms with Gasteiger partial charge in [0.25, 0.3) is 5.91 Å². The zero-order chi connectivity index (χ0) is 18.4. The molecule has 8 nitrogen and oxygen atoms in total. The van der Waals surface area contributed by atoms with Crippen LogP contribution in [0.25, 0.3) is 4.96 Å². The molecule has 0 spiro atoms. The van der Waals surface area contributed by atoms with Crippen molar-refractivity contribution in [3.63, 3.8) is 0 Å². The number of amides is 1. The summed E-state index contributed by atoms with van der Waals surface area (Å²) < 4.78 is 29.8. The number of imidazole rings is 1. The Bertz CT molecular complexity index is 936. The highest BCUT2D eigenvalue weighted by molar-refractivity contribution is 7.91. The van der Waals surface area contributed by atoms with Gasteiger partial charge in [-0.15, -0.1) is 11.3 Å². The Labute approximate surface area is 153 Å². The van der Waals surface area contributed by atoms with E-state index < -0.39 is 33.9 Å². The molecule has 1 aliphatic heterocycles. The third-order valence-corrected chi connectivity index (χ3v) is 6.92. The molecular weight excluding hydrogens is 390 g/mol. The molecule has 3 heterocycles. The lowest BCUT2D eigenvalue weighted by molar-refractivity contribution is -0.140. The molecule has 1 aliphatic rings. The molecule has 0 bridgehead atoms. The van der Waals surface area contributed by atoms with Crippen molar-refractivity contribution in [3.8, 4) is 0 Å². The summed E-state index contributed by atoms with van der Waals surface area (Å²) in [7, 11) is -1.60. The van der Waals surface area contributed by atoms with Crippen LogP contribution in [0, 0.1) is 0 Å². The molecule has 1 amide bonds. The van der Waals surface area contributed by atoms with Crippen LogP contribution >= 0.6 is 22.9 Å². The van der Waals surface area contributed by atoms with Gasteiger partial charge >= 0.3 is 5.97 Å². The Morgan fingerprint density at radius 2 is 2.24 bits per heavy atom. The molecule has 2 aromatic rings. The first kappa shape index (κ1) is 18.2. The second-order valence-corrected chi connectivity index (χ2v) is 9.32. The summed E-state index contributed by atoms with van der Waals surface area (Å²) in [5, 5.41) is 1.75. The summed E-state index contributed by atoms with van der Waals surface area (Å²) in [6.45, 7) is 1.44. The van der Waals surface area contributed by atoms with E-state index in [1.54, 1.807) is 11.6 Å². The summed E-state index contributed by atoms with van der Waals surface area (Å²) in [6.07, 6.45) is 0.952. The molecule has 1 saturated heterocycles. The van der Waals surface area contributed by atoms with E-state index in [0.29, 0.717) is 11.4 Å². The molecule has 25 heavy (non-hydrogen) atoms. The van der Waals surface area contributed by atoms with Crippen LogP contribution in [0.2, 0.25) is 5.15 Å². The standard InChI is InChI=1S/C14H16ClN3O5S2/c1-8(12(19)17(2)9-3-6-25(21,22)7-9)23-13(20)10-11(15)16-14-18(10)4-5-24-14/h4-5,8-9H,3,6-7H2,1-2H3/t8-,9+/m1/s1. The quantitative estimate of drug-likeness (QED) is 0.710. The lowest BCUT2D eigenvalue weighted by Crippen LogP contribution is -2.44. The molecule has 1 fully saturated rings. The Morgan fingerprint density at radius 1 is 1.52 bits per heavy atom. The van der Waals surface area contributed by atoms with Crippen molar-refractivity contribution in [2.75, 3.05) is 18.6 Å². The molecule has 0 saturated carbocycles. The van der Waals surface area contributed by atoms with Gasteiger partial charge < -0.3 is 9.64 Å². The Balaban J connectivity index is 1.70. The first-order chi connectivity index (χ1) is 11.7. The summed E-state index contributed by atoms with van der Waals surface area (Å²) >= 11 is 7.29. The molecule has 11 heteroatoms. The number of ether oxygens (including phenoxy) is 1. The molecule has 0 N–H and O–H groups in total. The maximum atomic E-state index is 12.4. The van der Waals surface area contributed by atoms with Crippen LogP contribution in [0.3, 0.4) is 0 Å². The molecular formula is C14H16ClN3O5S2. The van der Waals surface area contributed by atoms with Gasteiger partial charge in [-0.25, -0.2) is 18.2 Å². The third kappa shape index (κ3) is 3.51. The van der Waals surface area contributed by atoms with Crippen LogP contribution in [-0.4, -0.2) is 65.3 Å². The molecule has 0 radical (unpaired) electrons. The summed E-state index contributed by atoms with van der Waals surface area (Å²) in [5.41, 5.74) is 0.0589. The Kier molecular flexibility index (Phi) is 4.78. The second kappa shape index (κ2) is 6.58. The van der Waals surface area contributed by atoms with Gasteiger partial charge in [0.15, 0.2) is 31.7 Å². The fourth-order valence-electron chi connectivity index (χ4n) is 2.76. The van der Waals surface area contributed by atoms with Crippen molar-refractivity contribution in [1.29, 1.82) is 0 Å². The predicted octanol–water partition coefficient (Wildman–Crippen LogP) is 1.24. The van der Waals surface area contributed by atoms with E-state index in [2.05, 4.69) is 4.98 Å². The van der Waals surface area contributed by atoms with Crippen molar-refractivity contribution >= 4 is 49.6 Å². The number of sulfone groups is 1. The molecule has 2 aromatic heterocycles. The van der Waals surface area contributed by atoms with Gasteiger partial charge in [0.1, 0.15) is 0 Å². The molecule has 136 valence electrons. The highest BCUT2D eigenvalue weighted by Crippen LogP contribution is 2.23. The first-order valence-corrected chi connectivity index (χ1v) is 10.6. The van der Waals surface area contributed by atoms with Gasteiger partial charge in [-0.05, 0) is 13.3 Å². The molecule has 0 aromatic carbocycles. The number of thiazole rings is 1. The van der Waals surface area contributed by atoms with Crippen molar-refractivity contribution in [2.45, 2.75) is 25.5 Å². The predicted molar refractivity (Wildman–Crippen MR) is 92.8 cm³/mol. The molecule has 2 atom stereocenters. The number of rotatable bonds is 4. The monoisotopic (exact) mass is 405 g/mol. The highest BCUT2D eigenvalue weighted by Gasteiger charge is 2.35. The van der Waals surface area contributed by atoms with Gasteiger partial charge in [-0.2, -0.15) is 0 Å². The van der Waals surface area contributed by atoms with E-state index in [1.165, 1.54) is 34.6 Å². The number of halogens is 1. The van der Waals surface area contributed by atoms with Crippen molar-refractivity contribution in [1.82, 2.24) is 14.3 Å². The van der Waals surface area contributed by atoms with E-state index in [1.807, 2.05) is 0 Å². The topological polar surface area (TPSA) is 98.0 Å². The number of aromatic nitrogens is 2. The fraction of sp³-hybridized carbons (Fsp3) is 0.500. The van der Waals surface area contributed by atoms with Crippen molar-refractivity contribution in [2.24, 2.45) is 0 Å². The SMILES string of the molecule is C[C@@H](OC(=O)c1c(Cl)nc2sccn12)C(=O)N(C)[C@H]1CCS(=O)(=O)C1. The number of carbonyl (C=O) groups is 2.